The van der Waals surface area contributed by atoms with Crippen molar-refractivity contribution in [1.29, 1.82) is 0 Å². The summed E-state index contributed by atoms with van der Waals surface area (Å²) in [4.78, 5) is 4.58. The van der Waals surface area contributed by atoms with E-state index in [9.17, 15) is 0 Å². The molecule has 7 aromatic carbocycles. The van der Waals surface area contributed by atoms with Crippen LogP contribution in [0.2, 0.25) is 0 Å². The Hall–Kier alpha value is -6.06. The number of rotatable bonds is 8. The second-order valence-corrected chi connectivity index (χ2v) is 11.5. The van der Waals surface area contributed by atoms with Gasteiger partial charge in [-0.3, -0.25) is 0 Å². The molecule has 0 saturated heterocycles. The highest BCUT2D eigenvalue weighted by Gasteiger charge is 2.16. The van der Waals surface area contributed by atoms with Crippen molar-refractivity contribution in [3.05, 3.63) is 193 Å². The minimum absolute atomic E-state index is 0.855. The zero-order valence-corrected chi connectivity index (χ0v) is 25.3. The lowest BCUT2D eigenvalue weighted by atomic mass is 10.0. The fourth-order valence-electron chi connectivity index (χ4n) is 6.24. The summed E-state index contributed by atoms with van der Waals surface area (Å²) in [6, 6.07) is 64.1. The molecule has 0 amide bonds. The van der Waals surface area contributed by atoms with Gasteiger partial charge in [-0.15, -0.1) is 0 Å². The molecular weight excluding hydrogens is 560 g/mol. The summed E-state index contributed by atoms with van der Waals surface area (Å²) in [5, 5.41) is 2.27. The van der Waals surface area contributed by atoms with Gasteiger partial charge in [-0.1, -0.05) is 97.1 Å². The molecule has 0 spiro atoms. The quantitative estimate of drug-likeness (QED) is 0.175. The molecule has 1 heterocycles. The first-order chi connectivity index (χ1) is 22.8. The Bertz CT molecular complexity index is 2170. The minimum atomic E-state index is 0.855. The molecule has 0 saturated carbocycles. The highest BCUT2D eigenvalue weighted by atomic mass is 16.3. The number of hydrogen-bond acceptors (Lipinski definition) is 3. The van der Waals surface area contributed by atoms with Gasteiger partial charge in [-0.2, -0.15) is 0 Å². The first-order valence-corrected chi connectivity index (χ1v) is 15.6. The maximum Gasteiger partial charge on any atom is 0.137 e. The lowest BCUT2D eigenvalue weighted by Crippen LogP contribution is -2.10. The third-order valence-corrected chi connectivity index (χ3v) is 8.46. The van der Waals surface area contributed by atoms with Gasteiger partial charge in [0.05, 0.1) is 0 Å². The van der Waals surface area contributed by atoms with E-state index in [2.05, 4.69) is 180 Å². The molecule has 3 heteroatoms. The van der Waals surface area contributed by atoms with Crippen molar-refractivity contribution in [3.63, 3.8) is 0 Å². The molecule has 0 unspecified atom stereocenters. The second kappa shape index (κ2) is 12.1. The molecule has 0 bridgehead atoms. The monoisotopic (exact) mass is 592 g/mol. The minimum Gasteiger partial charge on any atom is -0.456 e. The average Bonchev–Trinajstić information content (AvgIpc) is 3.49. The highest BCUT2D eigenvalue weighted by Crippen LogP contribution is 2.39. The standard InChI is InChI=1S/C43H32N2O/c1-4-12-34(13-5-1)44(35-14-6-2-7-15-35)37-24-20-32(21-25-37)30-33-22-26-38(27-23-33)45(36-16-8-3-9-17-36)39-28-29-41-40-18-10-11-19-42(40)46-43(41)31-39/h1-29,31H,30H2. The van der Waals surface area contributed by atoms with Crippen LogP contribution in [0, 0.1) is 0 Å². The van der Waals surface area contributed by atoms with Gasteiger partial charge in [-0.05, 0) is 96.4 Å². The molecule has 220 valence electrons. The predicted molar refractivity (Wildman–Crippen MR) is 192 cm³/mol. The van der Waals surface area contributed by atoms with E-state index < -0.39 is 0 Å². The van der Waals surface area contributed by atoms with Gasteiger partial charge in [0.15, 0.2) is 0 Å². The van der Waals surface area contributed by atoms with E-state index in [1.165, 1.54) is 11.1 Å². The van der Waals surface area contributed by atoms with Crippen LogP contribution in [0.1, 0.15) is 11.1 Å². The zero-order chi connectivity index (χ0) is 30.7. The van der Waals surface area contributed by atoms with Crippen molar-refractivity contribution in [1.82, 2.24) is 0 Å². The number of fused-ring (bicyclic) bond motifs is 3. The summed E-state index contributed by atoms with van der Waals surface area (Å²) in [5.41, 5.74) is 11.0. The average molecular weight is 593 g/mol. The Balaban J connectivity index is 1.07. The van der Waals surface area contributed by atoms with Gasteiger partial charge in [0.25, 0.3) is 0 Å². The molecule has 8 rings (SSSR count). The third kappa shape index (κ3) is 5.40. The van der Waals surface area contributed by atoms with Crippen LogP contribution in [0.4, 0.5) is 34.1 Å². The van der Waals surface area contributed by atoms with E-state index in [4.69, 9.17) is 4.42 Å². The first-order valence-electron chi connectivity index (χ1n) is 15.6. The smallest absolute Gasteiger partial charge is 0.137 e. The molecule has 0 fully saturated rings. The highest BCUT2D eigenvalue weighted by molar-refractivity contribution is 6.06. The largest absolute Gasteiger partial charge is 0.456 e. The number of hydrogen-bond donors (Lipinski definition) is 0. The summed E-state index contributed by atoms with van der Waals surface area (Å²) in [6.07, 6.45) is 0.855. The predicted octanol–water partition coefficient (Wildman–Crippen LogP) is 12.1. The molecule has 0 radical (unpaired) electrons. The first kappa shape index (κ1) is 27.5. The Morgan fingerprint density at radius 1 is 0.326 bits per heavy atom. The van der Waals surface area contributed by atoms with Gasteiger partial charge >= 0.3 is 0 Å². The number of nitrogens with zero attached hydrogens (tertiary/aromatic N) is 2. The molecule has 1 aromatic heterocycles. The Morgan fingerprint density at radius 2 is 0.717 bits per heavy atom. The number of para-hydroxylation sites is 4. The van der Waals surface area contributed by atoms with E-state index in [1.807, 2.05) is 12.1 Å². The summed E-state index contributed by atoms with van der Waals surface area (Å²) in [5.74, 6) is 0. The van der Waals surface area contributed by atoms with E-state index >= 15 is 0 Å². The fourth-order valence-corrected chi connectivity index (χ4v) is 6.24. The van der Waals surface area contributed by atoms with Crippen molar-refractivity contribution in [2.45, 2.75) is 6.42 Å². The molecule has 0 aliphatic heterocycles. The van der Waals surface area contributed by atoms with Gasteiger partial charge in [0.2, 0.25) is 0 Å². The van der Waals surface area contributed by atoms with Crippen molar-refractivity contribution in [2.75, 3.05) is 9.80 Å². The van der Waals surface area contributed by atoms with Gasteiger partial charge in [-0.25, -0.2) is 0 Å². The van der Waals surface area contributed by atoms with Crippen molar-refractivity contribution >= 4 is 56.1 Å². The molecule has 0 atom stereocenters. The van der Waals surface area contributed by atoms with Crippen LogP contribution >= 0.6 is 0 Å². The lowest BCUT2D eigenvalue weighted by Gasteiger charge is -2.26. The maximum atomic E-state index is 6.24. The van der Waals surface area contributed by atoms with Crippen LogP contribution in [0.25, 0.3) is 21.9 Å². The molecule has 0 N–H and O–H groups in total. The topological polar surface area (TPSA) is 19.6 Å². The summed E-state index contributed by atoms with van der Waals surface area (Å²) in [7, 11) is 0. The van der Waals surface area contributed by atoms with E-state index in [0.717, 1.165) is 62.5 Å². The van der Waals surface area contributed by atoms with Crippen LogP contribution in [0.5, 0.6) is 0 Å². The van der Waals surface area contributed by atoms with Gasteiger partial charge < -0.3 is 14.2 Å². The van der Waals surface area contributed by atoms with Crippen molar-refractivity contribution < 1.29 is 4.42 Å². The summed E-state index contributed by atoms with van der Waals surface area (Å²) >= 11 is 0. The normalized spacial score (nSPS) is 11.1. The lowest BCUT2D eigenvalue weighted by molar-refractivity contribution is 0.669. The second-order valence-electron chi connectivity index (χ2n) is 11.5. The molecule has 3 nitrogen and oxygen atoms in total. The van der Waals surface area contributed by atoms with Crippen LogP contribution in [-0.4, -0.2) is 0 Å². The molecule has 8 aromatic rings. The Labute approximate surface area is 269 Å². The molecule has 0 aliphatic carbocycles. The van der Waals surface area contributed by atoms with E-state index in [1.54, 1.807) is 0 Å². The summed E-state index contributed by atoms with van der Waals surface area (Å²) < 4.78 is 6.24. The number of anilines is 6. The number of furan rings is 1. The fraction of sp³-hybridized carbons (Fsp3) is 0.0233. The number of benzene rings is 7. The molecular formula is C43H32N2O. The Kier molecular flexibility index (Phi) is 7.26. The molecule has 46 heavy (non-hydrogen) atoms. The third-order valence-electron chi connectivity index (χ3n) is 8.46. The zero-order valence-electron chi connectivity index (χ0n) is 25.3. The Morgan fingerprint density at radius 3 is 1.24 bits per heavy atom. The van der Waals surface area contributed by atoms with Gasteiger partial charge in [0, 0.05) is 51.0 Å². The van der Waals surface area contributed by atoms with Gasteiger partial charge in [0.1, 0.15) is 11.2 Å². The van der Waals surface area contributed by atoms with E-state index in [-0.39, 0.29) is 0 Å². The van der Waals surface area contributed by atoms with Crippen LogP contribution in [0.15, 0.2) is 186 Å². The summed E-state index contributed by atoms with van der Waals surface area (Å²) in [6.45, 7) is 0. The van der Waals surface area contributed by atoms with Crippen molar-refractivity contribution in [3.8, 4) is 0 Å². The van der Waals surface area contributed by atoms with Crippen LogP contribution < -0.4 is 9.80 Å². The van der Waals surface area contributed by atoms with Crippen LogP contribution in [0.3, 0.4) is 0 Å². The maximum absolute atomic E-state index is 6.24. The molecule has 0 aliphatic rings. The van der Waals surface area contributed by atoms with Crippen LogP contribution in [-0.2, 0) is 6.42 Å². The van der Waals surface area contributed by atoms with Crippen molar-refractivity contribution in [2.24, 2.45) is 0 Å². The SMILES string of the molecule is c1ccc(N(c2ccccc2)c2ccc(Cc3ccc(N(c4ccccc4)c4ccc5c(c4)oc4ccccc45)cc3)cc2)cc1. The van der Waals surface area contributed by atoms with E-state index in [0.29, 0.717) is 0 Å².